The van der Waals surface area contributed by atoms with Gasteiger partial charge in [0.1, 0.15) is 4.88 Å². The summed E-state index contributed by atoms with van der Waals surface area (Å²) in [7, 11) is 1.68. The van der Waals surface area contributed by atoms with Gasteiger partial charge < -0.3 is 15.2 Å². The van der Waals surface area contributed by atoms with Gasteiger partial charge in [-0.05, 0) is 26.0 Å². The Morgan fingerprint density at radius 2 is 2.25 bits per heavy atom. The number of aromatic carboxylic acids is 1. The molecule has 4 nitrogen and oxygen atoms in total. The first-order valence-electron chi connectivity index (χ1n) is 5.02. The zero-order valence-electron chi connectivity index (χ0n) is 9.74. The molecule has 0 aliphatic carbocycles. The molecule has 0 spiro atoms. The van der Waals surface area contributed by atoms with E-state index in [1.165, 1.54) is 11.3 Å². The molecular weight excluding hydrogens is 226 g/mol. The van der Waals surface area contributed by atoms with Gasteiger partial charge in [-0.1, -0.05) is 0 Å². The molecule has 1 heterocycles. The van der Waals surface area contributed by atoms with Crippen molar-refractivity contribution >= 4 is 17.3 Å². The molecule has 0 radical (unpaired) electrons. The highest BCUT2D eigenvalue weighted by Gasteiger charge is 2.15. The van der Waals surface area contributed by atoms with Crippen LogP contribution < -0.4 is 5.32 Å². The van der Waals surface area contributed by atoms with E-state index >= 15 is 0 Å². The Bertz CT molecular complexity index is 360. The minimum atomic E-state index is -0.867. The summed E-state index contributed by atoms with van der Waals surface area (Å²) >= 11 is 1.30. The molecule has 0 aromatic carbocycles. The van der Waals surface area contributed by atoms with Gasteiger partial charge in [0.25, 0.3) is 0 Å². The van der Waals surface area contributed by atoms with E-state index in [1.54, 1.807) is 13.2 Å². The summed E-state index contributed by atoms with van der Waals surface area (Å²) in [5.74, 6) is -0.867. The predicted molar refractivity (Wildman–Crippen MR) is 64.1 cm³/mol. The van der Waals surface area contributed by atoms with E-state index in [0.717, 1.165) is 11.4 Å². The number of methoxy groups -OCH3 is 1. The summed E-state index contributed by atoms with van der Waals surface area (Å²) in [4.78, 5) is 12.1. The molecule has 0 atom stereocenters. The van der Waals surface area contributed by atoms with Gasteiger partial charge in [-0.15, -0.1) is 11.3 Å². The van der Waals surface area contributed by atoms with Crippen LogP contribution in [0.4, 0.5) is 0 Å². The number of thiophene rings is 1. The molecule has 1 aromatic heterocycles. The number of hydrogen-bond donors (Lipinski definition) is 2. The normalized spacial score (nSPS) is 11.7. The molecule has 1 aromatic rings. The Labute approximate surface area is 99.2 Å². The summed E-state index contributed by atoms with van der Waals surface area (Å²) in [5, 5.41) is 12.0. The summed E-state index contributed by atoms with van der Waals surface area (Å²) in [6.45, 7) is 5.39. The third-order valence-corrected chi connectivity index (χ3v) is 3.35. The molecule has 0 aliphatic heterocycles. The molecule has 16 heavy (non-hydrogen) atoms. The summed E-state index contributed by atoms with van der Waals surface area (Å²) in [5.41, 5.74) is -0.202. The molecule has 0 fully saturated rings. The van der Waals surface area contributed by atoms with Crippen molar-refractivity contribution in [1.82, 2.24) is 5.32 Å². The highest BCUT2D eigenvalue weighted by molar-refractivity contribution is 7.13. The summed E-state index contributed by atoms with van der Waals surface area (Å²) in [6.07, 6.45) is 0. The third kappa shape index (κ3) is 3.92. The number of carboxylic acids is 1. The number of nitrogens with one attached hydrogen (secondary N) is 1. The van der Waals surface area contributed by atoms with Crippen LogP contribution in [-0.2, 0) is 11.3 Å². The molecule has 0 unspecified atom stereocenters. The third-order valence-electron chi connectivity index (χ3n) is 2.27. The molecule has 90 valence electrons. The van der Waals surface area contributed by atoms with Gasteiger partial charge in [0.15, 0.2) is 0 Å². The maximum atomic E-state index is 10.7. The molecule has 2 N–H and O–H groups in total. The van der Waals surface area contributed by atoms with Gasteiger partial charge in [0.2, 0.25) is 0 Å². The second kappa shape index (κ2) is 5.43. The minimum absolute atomic E-state index is 0.202. The molecule has 0 bridgehead atoms. The van der Waals surface area contributed by atoms with Crippen molar-refractivity contribution < 1.29 is 14.6 Å². The molecule has 5 heteroatoms. The van der Waals surface area contributed by atoms with Crippen LogP contribution >= 0.6 is 11.3 Å². The fourth-order valence-corrected chi connectivity index (χ4v) is 1.96. The first-order valence-corrected chi connectivity index (χ1v) is 5.84. The topological polar surface area (TPSA) is 58.6 Å². The van der Waals surface area contributed by atoms with Crippen LogP contribution in [0.25, 0.3) is 0 Å². The van der Waals surface area contributed by atoms with E-state index in [-0.39, 0.29) is 5.60 Å². The van der Waals surface area contributed by atoms with E-state index in [1.807, 2.05) is 19.9 Å². The standard InChI is InChI=1S/C11H17NO3S/c1-11(2,15-3)7-12-6-8-4-5-9(16-8)10(13)14/h4-5,12H,6-7H2,1-3H3,(H,13,14). The number of rotatable bonds is 6. The lowest BCUT2D eigenvalue weighted by Crippen LogP contribution is -2.36. The van der Waals surface area contributed by atoms with E-state index in [0.29, 0.717) is 11.4 Å². The second-order valence-electron chi connectivity index (χ2n) is 4.14. The number of ether oxygens (including phenoxy) is 1. The van der Waals surface area contributed by atoms with Crippen LogP contribution in [0.5, 0.6) is 0 Å². The Kier molecular flexibility index (Phi) is 4.46. The van der Waals surface area contributed by atoms with Crippen molar-refractivity contribution in [3.8, 4) is 0 Å². The number of hydrogen-bond acceptors (Lipinski definition) is 4. The van der Waals surface area contributed by atoms with Crippen LogP contribution in [0, 0.1) is 0 Å². The zero-order valence-corrected chi connectivity index (χ0v) is 10.6. The second-order valence-corrected chi connectivity index (χ2v) is 5.31. The Balaban J connectivity index is 2.40. The largest absolute Gasteiger partial charge is 0.477 e. The lowest BCUT2D eigenvalue weighted by atomic mass is 10.1. The van der Waals surface area contributed by atoms with Crippen molar-refractivity contribution in [2.45, 2.75) is 26.0 Å². The molecule has 0 saturated carbocycles. The van der Waals surface area contributed by atoms with Gasteiger partial charge in [-0.2, -0.15) is 0 Å². The maximum Gasteiger partial charge on any atom is 0.345 e. The fourth-order valence-electron chi connectivity index (χ4n) is 1.15. The van der Waals surface area contributed by atoms with Crippen molar-refractivity contribution in [1.29, 1.82) is 0 Å². The Morgan fingerprint density at radius 3 is 2.75 bits per heavy atom. The van der Waals surface area contributed by atoms with Gasteiger partial charge in [-0.25, -0.2) is 4.79 Å². The fraction of sp³-hybridized carbons (Fsp3) is 0.545. The van der Waals surface area contributed by atoms with Crippen molar-refractivity contribution in [2.24, 2.45) is 0 Å². The average Bonchev–Trinajstić information content (AvgIpc) is 2.66. The maximum absolute atomic E-state index is 10.7. The molecule has 0 amide bonds. The summed E-state index contributed by atoms with van der Waals surface area (Å²) in [6, 6.07) is 3.46. The smallest absolute Gasteiger partial charge is 0.345 e. The highest BCUT2D eigenvalue weighted by atomic mass is 32.1. The van der Waals surface area contributed by atoms with E-state index < -0.39 is 5.97 Å². The van der Waals surface area contributed by atoms with E-state index in [9.17, 15) is 4.79 Å². The van der Waals surface area contributed by atoms with Crippen LogP contribution in [0.1, 0.15) is 28.4 Å². The Hall–Kier alpha value is -0.910. The molecule has 0 saturated heterocycles. The molecule has 1 rings (SSSR count). The highest BCUT2D eigenvalue weighted by Crippen LogP contribution is 2.16. The van der Waals surface area contributed by atoms with Crippen LogP contribution in [0.3, 0.4) is 0 Å². The van der Waals surface area contributed by atoms with Crippen LogP contribution in [0.15, 0.2) is 12.1 Å². The Morgan fingerprint density at radius 1 is 1.56 bits per heavy atom. The van der Waals surface area contributed by atoms with Crippen molar-refractivity contribution in [3.05, 3.63) is 21.9 Å². The number of carbonyl (C=O) groups is 1. The van der Waals surface area contributed by atoms with E-state index in [2.05, 4.69) is 5.32 Å². The van der Waals surface area contributed by atoms with Crippen LogP contribution in [-0.4, -0.2) is 30.3 Å². The monoisotopic (exact) mass is 243 g/mol. The minimum Gasteiger partial charge on any atom is -0.477 e. The quantitative estimate of drug-likeness (QED) is 0.802. The van der Waals surface area contributed by atoms with Crippen molar-refractivity contribution in [2.75, 3.05) is 13.7 Å². The molecule has 0 aliphatic rings. The lowest BCUT2D eigenvalue weighted by Gasteiger charge is -2.22. The van der Waals surface area contributed by atoms with Crippen molar-refractivity contribution in [3.63, 3.8) is 0 Å². The summed E-state index contributed by atoms with van der Waals surface area (Å²) < 4.78 is 5.27. The first-order chi connectivity index (χ1) is 7.44. The predicted octanol–water partition coefficient (Wildman–Crippen LogP) is 1.96. The van der Waals surface area contributed by atoms with Gasteiger partial charge in [0.05, 0.1) is 5.60 Å². The SMILES string of the molecule is COC(C)(C)CNCc1ccc(C(=O)O)s1. The zero-order chi connectivity index (χ0) is 12.2. The van der Waals surface area contributed by atoms with Gasteiger partial charge >= 0.3 is 5.97 Å². The van der Waals surface area contributed by atoms with Gasteiger partial charge in [0, 0.05) is 25.1 Å². The van der Waals surface area contributed by atoms with E-state index in [4.69, 9.17) is 9.84 Å². The molecular formula is C11H17NO3S. The lowest BCUT2D eigenvalue weighted by molar-refractivity contribution is 0.0231. The van der Waals surface area contributed by atoms with Gasteiger partial charge in [-0.3, -0.25) is 0 Å². The average molecular weight is 243 g/mol. The first kappa shape index (κ1) is 13.2. The van der Waals surface area contributed by atoms with Crippen LogP contribution in [0.2, 0.25) is 0 Å². The number of carboxylic acid groups (broad SMARTS) is 1.